The molecule has 2 rings (SSSR count). The van der Waals surface area contributed by atoms with Crippen molar-refractivity contribution in [3.8, 4) is 0 Å². The Morgan fingerprint density at radius 2 is 2.17 bits per heavy atom. The van der Waals surface area contributed by atoms with Crippen LogP contribution in [-0.4, -0.2) is 12.1 Å². The zero-order valence-electron chi connectivity index (χ0n) is 9.86. The van der Waals surface area contributed by atoms with Crippen molar-refractivity contribution in [3.63, 3.8) is 0 Å². The highest BCUT2D eigenvalue weighted by atomic mass is 35.5. The molecule has 1 unspecified atom stereocenters. The van der Waals surface area contributed by atoms with E-state index >= 15 is 0 Å². The number of carbonyl (C=O) groups is 1. The van der Waals surface area contributed by atoms with Gasteiger partial charge in [0, 0.05) is 0 Å². The van der Waals surface area contributed by atoms with E-state index < -0.39 is 0 Å². The van der Waals surface area contributed by atoms with Gasteiger partial charge in [-0.2, -0.15) is 0 Å². The molecule has 0 spiro atoms. The summed E-state index contributed by atoms with van der Waals surface area (Å²) in [5.41, 5.74) is 0.814. The summed E-state index contributed by atoms with van der Waals surface area (Å²) in [6.07, 6.45) is 7.21. The quantitative estimate of drug-likeness (QED) is 0.615. The van der Waals surface area contributed by atoms with Crippen LogP contribution >= 0.6 is 23.2 Å². The first-order valence-electron chi connectivity index (χ1n) is 5.95. The zero-order valence-corrected chi connectivity index (χ0v) is 11.4. The summed E-state index contributed by atoms with van der Waals surface area (Å²) in [4.78, 5) is 11.7. The maximum absolute atomic E-state index is 11.7. The minimum absolute atomic E-state index is 0.0750. The molecule has 1 aromatic carbocycles. The lowest BCUT2D eigenvalue weighted by Gasteiger charge is -2.17. The smallest absolute Gasteiger partial charge is 0.310 e. The molecule has 0 aromatic heterocycles. The molecule has 0 N–H and O–H groups in total. The minimum atomic E-state index is -0.232. The van der Waals surface area contributed by atoms with Crippen molar-refractivity contribution >= 4 is 29.2 Å². The number of allylic oxidation sites excluding steroid dienone is 1. The van der Waals surface area contributed by atoms with Crippen molar-refractivity contribution in [1.29, 1.82) is 0 Å². The van der Waals surface area contributed by atoms with Gasteiger partial charge in [-0.05, 0) is 43.0 Å². The summed E-state index contributed by atoms with van der Waals surface area (Å²) in [6, 6.07) is 5.17. The van der Waals surface area contributed by atoms with E-state index in [9.17, 15) is 4.79 Å². The van der Waals surface area contributed by atoms with Gasteiger partial charge in [-0.3, -0.25) is 4.79 Å². The topological polar surface area (TPSA) is 26.3 Å². The van der Waals surface area contributed by atoms with Crippen molar-refractivity contribution in [1.82, 2.24) is 0 Å². The van der Waals surface area contributed by atoms with Crippen molar-refractivity contribution in [2.24, 2.45) is 0 Å². The predicted molar refractivity (Wildman–Crippen MR) is 73.0 cm³/mol. The fourth-order valence-corrected chi connectivity index (χ4v) is 2.23. The Hall–Kier alpha value is -0.990. The van der Waals surface area contributed by atoms with Crippen LogP contribution in [0.25, 0.3) is 0 Å². The molecule has 2 nitrogen and oxygen atoms in total. The lowest BCUT2D eigenvalue weighted by atomic mass is 10.1. The Bertz CT molecular complexity index is 469. The molecule has 96 valence electrons. The van der Waals surface area contributed by atoms with Gasteiger partial charge in [0.2, 0.25) is 0 Å². The normalized spacial score (nSPS) is 18.7. The molecule has 0 amide bonds. The molecule has 0 heterocycles. The number of rotatable bonds is 3. The Morgan fingerprint density at radius 1 is 1.33 bits per heavy atom. The molecule has 18 heavy (non-hydrogen) atoms. The van der Waals surface area contributed by atoms with Crippen molar-refractivity contribution in [2.45, 2.75) is 31.8 Å². The molecule has 1 aliphatic carbocycles. The van der Waals surface area contributed by atoms with E-state index in [1.165, 1.54) is 0 Å². The van der Waals surface area contributed by atoms with Gasteiger partial charge in [0.1, 0.15) is 6.10 Å². The maximum Gasteiger partial charge on any atom is 0.310 e. The number of hydrogen-bond donors (Lipinski definition) is 0. The van der Waals surface area contributed by atoms with Crippen LogP contribution in [0.3, 0.4) is 0 Å². The molecule has 0 aliphatic heterocycles. The summed E-state index contributed by atoms with van der Waals surface area (Å²) in [6.45, 7) is 0. The number of halogens is 2. The van der Waals surface area contributed by atoms with Gasteiger partial charge in [0.05, 0.1) is 16.5 Å². The van der Waals surface area contributed by atoms with Crippen LogP contribution in [0.5, 0.6) is 0 Å². The van der Waals surface area contributed by atoms with Crippen LogP contribution < -0.4 is 0 Å². The molecule has 1 aromatic rings. The van der Waals surface area contributed by atoms with Gasteiger partial charge in [0.25, 0.3) is 0 Å². The van der Waals surface area contributed by atoms with Gasteiger partial charge in [0.15, 0.2) is 0 Å². The lowest BCUT2D eigenvalue weighted by molar-refractivity contribution is -0.146. The first-order valence-corrected chi connectivity index (χ1v) is 6.71. The Morgan fingerprint density at radius 3 is 2.83 bits per heavy atom. The lowest BCUT2D eigenvalue weighted by Crippen LogP contribution is -2.19. The molecule has 1 atom stereocenters. The third-order valence-corrected chi connectivity index (χ3v) is 3.56. The monoisotopic (exact) mass is 284 g/mol. The van der Waals surface area contributed by atoms with E-state index in [0.717, 1.165) is 24.8 Å². The average Bonchev–Trinajstić information content (AvgIpc) is 2.35. The molecular formula is C14H14Cl2O2. The maximum atomic E-state index is 11.7. The summed E-state index contributed by atoms with van der Waals surface area (Å²) < 4.78 is 5.36. The van der Waals surface area contributed by atoms with Crippen molar-refractivity contribution < 1.29 is 9.53 Å². The highest BCUT2D eigenvalue weighted by molar-refractivity contribution is 6.42. The average molecular weight is 285 g/mol. The standard InChI is InChI=1S/C14H14Cl2O2/c15-12-7-6-10(8-13(12)16)9-14(17)18-11-4-2-1-3-5-11/h2,4,6-8,11H,1,3,5,9H2. The van der Waals surface area contributed by atoms with Crippen LogP contribution in [0.1, 0.15) is 24.8 Å². The SMILES string of the molecule is O=C(Cc1ccc(Cl)c(Cl)c1)OC1C=CCCC1. The molecule has 0 radical (unpaired) electrons. The van der Waals surface area contributed by atoms with Gasteiger partial charge in [-0.15, -0.1) is 0 Å². The van der Waals surface area contributed by atoms with E-state index in [4.69, 9.17) is 27.9 Å². The van der Waals surface area contributed by atoms with Crippen LogP contribution in [0.4, 0.5) is 0 Å². The molecule has 0 saturated heterocycles. The third kappa shape index (κ3) is 3.76. The fourth-order valence-electron chi connectivity index (χ4n) is 1.91. The summed E-state index contributed by atoms with van der Waals surface area (Å²) >= 11 is 11.7. The highest BCUT2D eigenvalue weighted by Gasteiger charge is 2.14. The molecule has 0 fully saturated rings. The van der Waals surface area contributed by atoms with E-state index in [2.05, 4.69) is 6.08 Å². The Kier molecular flexibility index (Phi) is 4.67. The largest absolute Gasteiger partial charge is 0.458 e. The third-order valence-electron chi connectivity index (χ3n) is 2.83. The van der Waals surface area contributed by atoms with Crippen LogP contribution in [0.2, 0.25) is 10.0 Å². The van der Waals surface area contributed by atoms with E-state index in [-0.39, 0.29) is 18.5 Å². The highest BCUT2D eigenvalue weighted by Crippen LogP contribution is 2.23. The predicted octanol–water partition coefficient (Wildman–Crippen LogP) is 4.19. The zero-order chi connectivity index (χ0) is 13.0. The van der Waals surface area contributed by atoms with E-state index in [0.29, 0.717) is 10.0 Å². The number of carbonyl (C=O) groups excluding carboxylic acids is 1. The fraction of sp³-hybridized carbons (Fsp3) is 0.357. The summed E-state index contributed by atoms with van der Waals surface area (Å²) in [7, 11) is 0. The van der Waals surface area contributed by atoms with E-state index in [1.807, 2.05) is 6.08 Å². The molecule has 0 saturated carbocycles. The molecule has 0 bridgehead atoms. The van der Waals surface area contributed by atoms with Gasteiger partial charge < -0.3 is 4.74 Å². The first-order chi connectivity index (χ1) is 8.65. The second-order valence-electron chi connectivity index (χ2n) is 4.31. The number of benzene rings is 1. The summed E-state index contributed by atoms with van der Waals surface area (Å²) in [5, 5.41) is 0.948. The van der Waals surface area contributed by atoms with E-state index in [1.54, 1.807) is 18.2 Å². The Labute approximate surface area is 117 Å². The van der Waals surface area contributed by atoms with Gasteiger partial charge >= 0.3 is 5.97 Å². The first kappa shape index (κ1) is 13.4. The number of ether oxygens (including phenoxy) is 1. The Balaban J connectivity index is 1.92. The number of esters is 1. The van der Waals surface area contributed by atoms with Gasteiger partial charge in [-0.25, -0.2) is 0 Å². The minimum Gasteiger partial charge on any atom is -0.458 e. The molecule has 4 heteroatoms. The van der Waals surface area contributed by atoms with Crippen molar-refractivity contribution in [2.75, 3.05) is 0 Å². The van der Waals surface area contributed by atoms with Crippen molar-refractivity contribution in [3.05, 3.63) is 46.0 Å². The summed E-state index contributed by atoms with van der Waals surface area (Å²) in [5.74, 6) is -0.232. The second kappa shape index (κ2) is 6.26. The van der Waals surface area contributed by atoms with Gasteiger partial charge in [-0.1, -0.05) is 35.3 Å². The molecular weight excluding hydrogens is 271 g/mol. The van der Waals surface area contributed by atoms with Crippen LogP contribution in [0, 0.1) is 0 Å². The second-order valence-corrected chi connectivity index (χ2v) is 5.13. The van der Waals surface area contributed by atoms with Crippen LogP contribution in [-0.2, 0) is 16.0 Å². The molecule has 1 aliphatic rings. The van der Waals surface area contributed by atoms with Crippen LogP contribution in [0.15, 0.2) is 30.4 Å². The number of hydrogen-bond acceptors (Lipinski definition) is 2.